The molecule has 0 spiro atoms. The predicted molar refractivity (Wildman–Crippen MR) is 57.8 cm³/mol. The van der Waals surface area contributed by atoms with Crippen molar-refractivity contribution in [2.75, 3.05) is 6.54 Å². The Kier molecular flexibility index (Phi) is 3.35. The van der Waals surface area contributed by atoms with Crippen LogP contribution in [0, 0.1) is 16.7 Å². The van der Waals surface area contributed by atoms with Crippen LogP contribution in [0.4, 0.5) is 0 Å². The average molecular weight is 209 g/mol. The summed E-state index contributed by atoms with van der Waals surface area (Å²) >= 11 is 0. The SMILES string of the molecule is CC(C)(C)C(N)C(=O)N1CCC[C@H]1C#N. The second-order valence-electron chi connectivity index (χ2n) is 5.16. The molecule has 1 amide bonds. The lowest BCUT2D eigenvalue weighted by atomic mass is 9.86. The van der Waals surface area contributed by atoms with E-state index in [1.165, 1.54) is 0 Å². The van der Waals surface area contributed by atoms with Gasteiger partial charge in [-0.05, 0) is 18.3 Å². The van der Waals surface area contributed by atoms with Crippen LogP contribution in [0.1, 0.15) is 33.6 Å². The van der Waals surface area contributed by atoms with Gasteiger partial charge in [-0.2, -0.15) is 5.26 Å². The standard InChI is InChI=1S/C11H19N3O/c1-11(2,3)9(13)10(15)14-6-4-5-8(14)7-12/h8-9H,4-6,13H2,1-3H3/t8-,9?/m0/s1. The quantitative estimate of drug-likeness (QED) is 0.696. The van der Waals surface area contributed by atoms with E-state index in [1.54, 1.807) is 4.90 Å². The summed E-state index contributed by atoms with van der Waals surface area (Å²) in [6.45, 7) is 6.48. The number of likely N-dealkylation sites (tertiary alicyclic amines) is 1. The summed E-state index contributed by atoms with van der Waals surface area (Å²) in [6, 6.07) is 1.36. The average Bonchev–Trinajstić information content (AvgIpc) is 2.61. The third-order valence-electron chi connectivity index (χ3n) is 2.88. The van der Waals surface area contributed by atoms with Gasteiger partial charge in [0.05, 0.1) is 12.1 Å². The van der Waals surface area contributed by atoms with Crippen LogP contribution in [0.2, 0.25) is 0 Å². The van der Waals surface area contributed by atoms with Gasteiger partial charge in [0.15, 0.2) is 0 Å². The lowest BCUT2D eigenvalue weighted by Gasteiger charge is -2.31. The molecule has 4 nitrogen and oxygen atoms in total. The summed E-state index contributed by atoms with van der Waals surface area (Å²) in [5.74, 6) is -0.0912. The number of nitrogens with two attached hydrogens (primary N) is 1. The van der Waals surface area contributed by atoms with Crippen molar-refractivity contribution >= 4 is 5.91 Å². The highest BCUT2D eigenvalue weighted by Gasteiger charge is 2.36. The van der Waals surface area contributed by atoms with Crippen molar-refractivity contribution < 1.29 is 4.79 Å². The molecule has 1 aliphatic heterocycles. The Bertz CT molecular complexity index is 287. The molecule has 0 radical (unpaired) electrons. The van der Waals surface area contributed by atoms with Gasteiger partial charge >= 0.3 is 0 Å². The molecule has 15 heavy (non-hydrogen) atoms. The minimum atomic E-state index is -0.522. The zero-order valence-electron chi connectivity index (χ0n) is 9.66. The molecular formula is C11H19N3O. The van der Waals surface area contributed by atoms with Crippen molar-refractivity contribution in [2.24, 2.45) is 11.1 Å². The predicted octanol–water partition coefficient (Wildman–Crippen LogP) is 0.874. The van der Waals surface area contributed by atoms with E-state index in [0.29, 0.717) is 6.54 Å². The monoisotopic (exact) mass is 209 g/mol. The van der Waals surface area contributed by atoms with Gasteiger partial charge in [-0.1, -0.05) is 20.8 Å². The minimum Gasteiger partial charge on any atom is -0.325 e. The fourth-order valence-electron chi connectivity index (χ4n) is 1.71. The molecule has 2 N–H and O–H groups in total. The molecule has 1 rings (SSSR count). The molecule has 1 aliphatic rings. The summed E-state index contributed by atoms with van der Waals surface area (Å²) < 4.78 is 0. The zero-order chi connectivity index (χ0) is 11.6. The molecule has 1 unspecified atom stereocenters. The van der Waals surface area contributed by atoms with E-state index in [-0.39, 0.29) is 17.4 Å². The van der Waals surface area contributed by atoms with Crippen LogP contribution >= 0.6 is 0 Å². The van der Waals surface area contributed by atoms with E-state index in [0.717, 1.165) is 12.8 Å². The number of amides is 1. The lowest BCUT2D eigenvalue weighted by Crippen LogP contribution is -2.51. The molecule has 0 aliphatic carbocycles. The number of hydrogen-bond acceptors (Lipinski definition) is 3. The lowest BCUT2D eigenvalue weighted by molar-refractivity contribution is -0.134. The van der Waals surface area contributed by atoms with Crippen LogP contribution in [-0.2, 0) is 4.79 Å². The van der Waals surface area contributed by atoms with Gasteiger partial charge in [-0.3, -0.25) is 4.79 Å². The molecule has 84 valence electrons. The number of nitriles is 1. The van der Waals surface area contributed by atoms with Crippen molar-refractivity contribution in [3.8, 4) is 6.07 Å². The first kappa shape index (κ1) is 12.0. The van der Waals surface area contributed by atoms with Crippen molar-refractivity contribution in [1.29, 1.82) is 5.26 Å². The fourth-order valence-corrected chi connectivity index (χ4v) is 1.71. The van der Waals surface area contributed by atoms with Gasteiger partial charge in [0, 0.05) is 6.54 Å². The summed E-state index contributed by atoms with van der Waals surface area (Å²) in [4.78, 5) is 13.6. The Morgan fingerprint density at radius 1 is 1.60 bits per heavy atom. The number of hydrogen-bond donors (Lipinski definition) is 1. The summed E-state index contributed by atoms with van der Waals surface area (Å²) in [5.41, 5.74) is 5.64. The van der Waals surface area contributed by atoms with E-state index in [4.69, 9.17) is 11.0 Å². The van der Waals surface area contributed by atoms with Gasteiger partial charge in [-0.15, -0.1) is 0 Å². The van der Waals surface area contributed by atoms with Crippen molar-refractivity contribution in [3.05, 3.63) is 0 Å². The van der Waals surface area contributed by atoms with Crippen LogP contribution in [0.25, 0.3) is 0 Å². The number of rotatable bonds is 1. The highest BCUT2D eigenvalue weighted by atomic mass is 16.2. The molecule has 0 aromatic carbocycles. The van der Waals surface area contributed by atoms with Crippen molar-refractivity contribution in [1.82, 2.24) is 4.90 Å². The van der Waals surface area contributed by atoms with Gasteiger partial charge in [0.2, 0.25) is 5.91 Å². The number of nitrogens with zero attached hydrogens (tertiary/aromatic N) is 2. The van der Waals surface area contributed by atoms with Gasteiger partial charge in [-0.25, -0.2) is 0 Å². The van der Waals surface area contributed by atoms with Crippen LogP contribution in [-0.4, -0.2) is 29.4 Å². The van der Waals surface area contributed by atoms with Crippen LogP contribution in [0.3, 0.4) is 0 Å². The fraction of sp³-hybridized carbons (Fsp3) is 0.818. The van der Waals surface area contributed by atoms with E-state index >= 15 is 0 Å². The molecule has 0 saturated carbocycles. The summed E-state index contributed by atoms with van der Waals surface area (Å²) in [7, 11) is 0. The topological polar surface area (TPSA) is 70.1 Å². The first-order valence-electron chi connectivity index (χ1n) is 5.33. The number of carbonyl (C=O) groups is 1. The minimum absolute atomic E-state index is 0.0912. The third-order valence-corrected chi connectivity index (χ3v) is 2.88. The molecule has 0 aromatic heterocycles. The van der Waals surface area contributed by atoms with E-state index in [9.17, 15) is 4.79 Å². The van der Waals surface area contributed by atoms with Crippen molar-refractivity contribution in [3.63, 3.8) is 0 Å². The van der Waals surface area contributed by atoms with Gasteiger partial charge in [0.1, 0.15) is 6.04 Å². The maximum atomic E-state index is 12.0. The second kappa shape index (κ2) is 4.19. The van der Waals surface area contributed by atoms with E-state index in [1.807, 2.05) is 20.8 Å². The molecule has 1 fully saturated rings. The first-order chi connectivity index (χ1) is 6.88. The molecule has 0 aromatic rings. The Hall–Kier alpha value is -1.08. The molecule has 1 saturated heterocycles. The largest absolute Gasteiger partial charge is 0.325 e. The summed E-state index contributed by atoms with van der Waals surface area (Å²) in [6.07, 6.45) is 1.68. The first-order valence-corrected chi connectivity index (χ1v) is 5.33. The van der Waals surface area contributed by atoms with Crippen LogP contribution in [0.5, 0.6) is 0 Å². The third kappa shape index (κ3) is 2.48. The number of carbonyl (C=O) groups excluding carboxylic acids is 1. The maximum absolute atomic E-state index is 12.0. The Labute approximate surface area is 91.0 Å². The maximum Gasteiger partial charge on any atom is 0.241 e. The van der Waals surface area contributed by atoms with E-state index < -0.39 is 6.04 Å². The highest BCUT2D eigenvalue weighted by molar-refractivity contribution is 5.83. The normalized spacial score (nSPS) is 23.7. The second-order valence-corrected chi connectivity index (χ2v) is 5.16. The highest BCUT2D eigenvalue weighted by Crippen LogP contribution is 2.23. The Morgan fingerprint density at radius 2 is 2.20 bits per heavy atom. The Balaban J connectivity index is 2.73. The zero-order valence-corrected chi connectivity index (χ0v) is 9.66. The van der Waals surface area contributed by atoms with Crippen molar-refractivity contribution in [2.45, 2.75) is 45.7 Å². The van der Waals surface area contributed by atoms with Gasteiger partial charge in [0.25, 0.3) is 0 Å². The van der Waals surface area contributed by atoms with E-state index in [2.05, 4.69) is 6.07 Å². The van der Waals surface area contributed by atoms with Gasteiger partial charge < -0.3 is 10.6 Å². The summed E-state index contributed by atoms with van der Waals surface area (Å²) in [5, 5.41) is 8.89. The Morgan fingerprint density at radius 3 is 2.67 bits per heavy atom. The van der Waals surface area contributed by atoms with Crippen LogP contribution in [0.15, 0.2) is 0 Å². The molecule has 2 atom stereocenters. The molecule has 1 heterocycles. The molecule has 4 heteroatoms. The smallest absolute Gasteiger partial charge is 0.241 e. The van der Waals surface area contributed by atoms with Crippen LogP contribution < -0.4 is 5.73 Å². The molecular weight excluding hydrogens is 190 g/mol. The molecule has 0 bridgehead atoms.